The van der Waals surface area contributed by atoms with Crippen LogP contribution in [0, 0.1) is 5.82 Å². The number of halogens is 1. The number of nitrogens with zero attached hydrogens (tertiary/aromatic N) is 1. The van der Waals surface area contributed by atoms with E-state index in [-0.39, 0.29) is 24.2 Å². The van der Waals surface area contributed by atoms with E-state index in [0.717, 1.165) is 0 Å². The van der Waals surface area contributed by atoms with Gasteiger partial charge < -0.3 is 20.2 Å². The van der Waals surface area contributed by atoms with Gasteiger partial charge in [-0.2, -0.15) is 0 Å². The molecule has 1 amide bonds. The van der Waals surface area contributed by atoms with Crippen LogP contribution in [-0.2, 0) is 16.0 Å². The van der Waals surface area contributed by atoms with E-state index < -0.39 is 0 Å². The Bertz CT molecular complexity index is 624. The third-order valence-corrected chi connectivity index (χ3v) is 3.36. The average molecular weight is 321 g/mol. The van der Waals surface area contributed by atoms with Crippen LogP contribution in [0.1, 0.15) is 12.1 Å². The minimum absolute atomic E-state index is 0.121. The molecule has 0 radical (unpaired) electrons. The van der Waals surface area contributed by atoms with Crippen LogP contribution in [0.3, 0.4) is 0 Å². The van der Waals surface area contributed by atoms with Crippen LogP contribution in [0.4, 0.5) is 4.39 Å². The topological polar surface area (TPSA) is 90.4 Å². The first-order valence-electron chi connectivity index (χ1n) is 7.32. The highest BCUT2D eigenvalue weighted by atomic mass is 19.1. The SMILES string of the molecule is COC(CN)CC(=O)NCCc1coc(-c2ccc(F)cc2)n1. The van der Waals surface area contributed by atoms with Crippen molar-refractivity contribution in [2.45, 2.75) is 18.9 Å². The summed E-state index contributed by atoms with van der Waals surface area (Å²) >= 11 is 0. The smallest absolute Gasteiger partial charge is 0.226 e. The Balaban J connectivity index is 1.81. The second-order valence-corrected chi connectivity index (χ2v) is 5.05. The Morgan fingerprint density at radius 1 is 1.43 bits per heavy atom. The predicted molar refractivity (Wildman–Crippen MR) is 83.1 cm³/mol. The second kappa shape index (κ2) is 8.40. The van der Waals surface area contributed by atoms with Gasteiger partial charge in [0.15, 0.2) is 0 Å². The molecule has 23 heavy (non-hydrogen) atoms. The van der Waals surface area contributed by atoms with Gasteiger partial charge in [0, 0.05) is 32.2 Å². The number of ether oxygens (including phenoxy) is 1. The Kier molecular flexibility index (Phi) is 6.25. The molecule has 3 N–H and O–H groups in total. The molecule has 2 aromatic rings. The van der Waals surface area contributed by atoms with Crippen molar-refractivity contribution < 1.29 is 18.3 Å². The molecule has 1 aromatic carbocycles. The molecule has 1 atom stereocenters. The van der Waals surface area contributed by atoms with E-state index in [1.807, 2.05) is 0 Å². The molecule has 0 aliphatic rings. The van der Waals surface area contributed by atoms with E-state index >= 15 is 0 Å². The fourth-order valence-corrected chi connectivity index (χ4v) is 2.02. The second-order valence-electron chi connectivity index (χ2n) is 5.05. The molecule has 0 spiro atoms. The molecular formula is C16H20FN3O3. The van der Waals surface area contributed by atoms with Crippen molar-refractivity contribution in [2.75, 3.05) is 20.2 Å². The van der Waals surface area contributed by atoms with Crippen LogP contribution < -0.4 is 11.1 Å². The molecule has 2 rings (SSSR count). The van der Waals surface area contributed by atoms with Crippen molar-refractivity contribution >= 4 is 5.91 Å². The van der Waals surface area contributed by atoms with Crippen molar-refractivity contribution in [3.63, 3.8) is 0 Å². The Hall–Kier alpha value is -2.25. The first-order chi connectivity index (χ1) is 11.1. The van der Waals surface area contributed by atoms with Crippen LogP contribution in [0.15, 0.2) is 34.9 Å². The maximum atomic E-state index is 12.9. The van der Waals surface area contributed by atoms with Gasteiger partial charge in [-0.1, -0.05) is 0 Å². The summed E-state index contributed by atoms with van der Waals surface area (Å²) in [6.07, 6.45) is 2.03. The minimum Gasteiger partial charge on any atom is -0.444 e. The molecule has 0 fully saturated rings. The summed E-state index contributed by atoms with van der Waals surface area (Å²) in [6, 6.07) is 5.90. The van der Waals surface area contributed by atoms with Crippen molar-refractivity contribution in [1.82, 2.24) is 10.3 Å². The first-order valence-corrected chi connectivity index (χ1v) is 7.32. The minimum atomic E-state index is -0.310. The van der Waals surface area contributed by atoms with E-state index in [2.05, 4.69) is 10.3 Å². The molecule has 1 heterocycles. The summed E-state index contributed by atoms with van der Waals surface area (Å²) < 4.78 is 23.3. The zero-order chi connectivity index (χ0) is 16.7. The molecule has 0 saturated carbocycles. The Morgan fingerprint density at radius 3 is 2.83 bits per heavy atom. The Labute approximate surface area is 133 Å². The molecule has 1 unspecified atom stereocenters. The standard InChI is InChI=1S/C16H20FN3O3/c1-22-14(9-18)8-15(21)19-7-6-13-10-23-16(20-13)11-2-4-12(17)5-3-11/h2-5,10,14H,6-9,18H2,1H3,(H,19,21). The molecule has 0 bridgehead atoms. The molecule has 6 nitrogen and oxygen atoms in total. The summed E-state index contributed by atoms with van der Waals surface area (Å²) in [5, 5.41) is 2.78. The molecule has 124 valence electrons. The number of amides is 1. The number of nitrogens with two attached hydrogens (primary N) is 1. The van der Waals surface area contributed by atoms with Crippen molar-refractivity contribution in [2.24, 2.45) is 5.73 Å². The lowest BCUT2D eigenvalue weighted by atomic mass is 10.2. The van der Waals surface area contributed by atoms with E-state index in [1.54, 1.807) is 12.1 Å². The third-order valence-electron chi connectivity index (χ3n) is 3.36. The normalized spacial score (nSPS) is 12.1. The first kappa shape index (κ1) is 17.1. The number of methoxy groups -OCH3 is 1. The van der Waals surface area contributed by atoms with E-state index in [1.165, 1.54) is 25.5 Å². The van der Waals surface area contributed by atoms with Crippen LogP contribution in [0.25, 0.3) is 11.5 Å². The van der Waals surface area contributed by atoms with E-state index in [9.17, 15) is 9.18 Å². The lowest BCUT2D eigenvalue weighted by molar-refractivity contribution is -0.123. The zero-order valence-corrected chi connectivity index (χ0v) is 12.9. The molecule has 0 aliphatic carbocycles. The number of benzene rings is 1. The third kappa shape index (κ3) is 5.15. The fourth-order valence-electron chi connectivity index (χ4n) is 2.02. The van der Waals surface area contributed by atoms with Gasteiger partial charge in [0.25, 0.3) is 0 Å². The average Bonchev–Trinajstić information content (AvgIpc) is 3.02. The summed E-state index contributed by atoms with van der Waals surface area (Å²) in [5.74, 6) is -0.00598. The quantitative estimate of drug-likeness (QED) is 0.769. The maximum Gasteiger partial charge on any atom is 0.226 e. The van der Waals surface area contributed by atoms with Gasteiger partial charge in [-0.25, -0.2) is 9.37 Å². The summed E-state index contributed by atoms with van der Waals surface area (Å²) in [5.41, 5.74) is 6.88. The largest absolute Gasteiger partial charge is 0.444 e. The van der Waals surface area contributed by atoms with Crippen molar-refractivity contribution in [1.29, 1.82) is 0 Å². The summed E-state index contributed by atoms with van der Waals surface area (Å²) in [6.45, 7) is 0.740. The van der Waals surface area contributed by atoms with Gasteiger partial charge in [-0.05, 0) is 24.3 Å². The fraction of sp³-hybridized carbons (Fsp3) is 0.375. The zero-order valence-electron chi connectivity index (χ0n) is 12.9. The number of aromatic nitrogens is 1. The monoisotopic (exact) mass is 321 g/mol. The number of carbonyl (C=O) groups is 1. The van der Waals surface area contributed by atoms with Gasteiger partial charge >= 0.3 is 0 Å². The summed E-state index contributed by atoms with van der Waals surface area (Å²) in [7, 11) is 1.52. The van der Waals surface area contributed by atoms with E-state index in [4.69, 9.17) is 14.9 Å². The number of carbonyl (C=O) groups excluding carboxylic acids is 1. The van der Waals surface area contributed by atoms with Crippen molar-refractivity contribution in [3.05, 3.63) is 42.0 Å². The molecule has 0 saturated heterocycles. The van der Waals surface area contributed by atoms with Gasteiger partial charge in [-0.3, -0.25) is 4.79 Å². The summed E-state index contributed by atoms with van der Waals surface area (Å²) in [4.78, 5) is 16.0. The molecular weight excluding hydrogens is 301 g/mol. The van der Waals surface area contributed by atoms with E-state index in [0.29, 0.717) is 36.7 Å². The Morgan fingerprint density at radius 2 is 2.17 bits per heavy atom. The van der Waals surface area contributed by atoms with Crippen LogP contribution in [0.5, 0.6) is 0 Å². The number of nitrogens with one attached hydrogen (secondary N) is 1. The van der Waals surface area contributed by atoms with Crippen molar-refractivity contribution in [3.8, 4) is 11.5 Å². The highest BCUT2D eigenvalue weighted by molar-refractivity contribution is 5.76. The van der Waals surface area contributed by atoms with Gasteiger partial charge in [-0.15, -0.1) is 0 Å². The molecule has 1 aromatic heterocycles. The molecule has 7 heteroatoms. The van der Waals surface area contributed by atoms with Crippen LogP contribution in [0.2, 0.25) is 0 Å². The predicted octanol–water partition coefficient (Wildman–Crippen LogP) is 1.50. The number of oxazole rings is 1. The highest BCUT2D eigenvalue weighted by Crippen LogP contribution is 2.18. The van der Waals surface area contributed by atoms with Gasteiger partial charge in [0.05, 0.1) is 18.2 Å². The van der Waals surface area contributed by atoms with Gasteiger partial charge in [0.2, 0.25) is 11.8 Å². The lowest BCUT2D eigenvalue weighted by Gasteiger charge is -2.12. The van der Waals surface area contributed by atoms with Gasteiger partial charge in [0.1, 0.15) is 12.1 Å². The number of hydrogen-bond acceptors (Lipinski definition) is 5. The molecule has 0 aliphatic heterocycles. The maximum absolute atomic E-state index is 12.9. The highest BCUT2D eigenvalue weighted by Gasteiger charge is 2.11. The lowest BCUT2D eigenvalue weighted by Crippen LogP contribution is -2.33. The number of hydrogen-bond donors (Lipinski definition) is 2. The van der Waals surface area contributed by atoms with Crippen LogP contribution >= 0.6 is 0 Å². The number of rotatable bonds is 8. The van der Waals surface area contributed by atoms with Crippen LogP contribution in [-0.4, -0.2) is 37.2 Å².